The van der Waals surface area contributed by atoms with Crippen LogP contribution in [0.25, 0.3) is 0 Å². The number of amides is 1. The van der Waals surface area contributed by atoms with E-state index in [0.29, 0.717) is 12.6 Å². The average molecular weight is 436 g/mol. The van der Waals surface area contributed by atoms with Crippen LogP contribution in [0.5, 0.6) is 0 Å². The summed E-state index contributed by atoms with van der Waals surface area (Å²) in [7, 11) is 5.52. The van der Waals surface area contributed by atoms with Crippen molar-refractivity contribution in [2.24, 2.45) is 16.3 Å². The van der Waals surface area contributed by atoms with Crippen molar-refractivity contribution in [1.82, 2.24) is 15.5 Å². The number of nitrogens with one attached hydrogen (secondary N) is 2. The molecule has 0 aromatic heterocycles. The van der Waals surface area contributed by atoms with Gasteiger partial charge in [0.05, 0.1) is 5.41 Å². The second kappa shape index (κ2) is 9.08. The van der Waals surface area contributed by atoms with Crippen LogP contribution in [0.3, 0.4) is 0 Å². The summed E-state index contributed by atoms with van der Waals surface area (Å²) in [6.07, 6.45) is 8.04. The molecule has 2 aliphatic rings. The highest BCUT2D eigenvalue weighted by Crippen LogP contribution is 2.39. The average Bonchev–Trinajstić information content (AvgIpc) is 3.05. The summed E-state index contributed by atoms with van der Waals surface area (Å²) in [5.41, 5.74) is -0.243. The number of aliphatic imine (C=N–C) groups is 1. The molecule has 0 aromatic carbocycles. The van der Waals surface area contributed by atoms with Gasteiger partial charge in [-0.05, 0) is 31.6 Å². The lowest BCUT2D eigenvalue weighted by Gasteiger charge is -2.31. The molecular formula is C17H33IN4O. The number of carbonyl (C=O) groups excluding carboxylic acids is 1. The second-order valence-corrected chi connectivity index (χ2v) is 7.15. The zero-order valence-electron chi connectivity index (χ0n) is 15.0. The molecule has 6 heteroatoms. The first-order valence-corrected chi connectivity index (χ1v) is 8.71. The van der Waals surface area contributed by atoms with Gasteiger partial charge in [0.1, 0.15) is 0 Å². The van der Waals surface area contributed by atoms with Gasteiger partial charge in [-0.15, -0.1) is 24.0 Å². The van der Waals surface area contributed by atoms with Crippen LogP contribution in [0.2, 0.25) is 0 Å². The van der Waals surface area contributed by atoms with Gasteiger partial charge < -0.3 is 15.5 Å². The summed E-state index contributed by atoms with van der Waals surface area (Å²) in [6, 6.07) is 0.565. The van der Waals surface area contributed by atoms with Gasteiger partial charge >= 0.3 is 0 Å². The Bertz CT molecular complexity index is 419. The summed E-state index contributed by atoms with van der Waals surface area (Å²) in [5.74, 6) is 1.90. The smallest absolute Gasteiger partial charge is 0.230 e. The van der Waals surface area contributed by atoms with Gasteiger partial charge in [-0.2, -0.15) is 0 Å². The minimum absolute atomic E-state index is 0. The van der Waals surface area contributed by atoms with Crippen LogP contribution < -0.4 is 10.6 Å². The van der Waals surface area contributed by atoms with E-state index < -0.39 is 0 Å². The van der Waals surface area contributed by atoms with Crippen LogP contribution >= 0.6 is 24.0 Å². The van der Waals surface area contributed by atoms with Gasteiger partial charge in [-0.25, -0.2) is 0 Å². The van der Waals surface area contributed by atoms with E-state index in [0.717, 1.165) is 37.6 Å². The maximum Gasteiger partial charge on any atom is 0.230 e. The Balaban J connectivity index is 0.00000264. The van der Waals surface area contributed by atoms with Crippen molar-refractivity contribution >= 4 is 35.8 Å². The molecule has 23 heavy (non-hydrogen) atoms. The van der Waals surface area contributed by atoms with Gasteiger partial charge in [-0.1, -0.05) is 26.2 Å². The van der Waals surface area contributed by atoms with E-state index in [2.05, 4.69) is 22.5 Å². The highest BCUT2D eigenvalue weighted by Gasteiger charge is 2.42. The fraction of sp³-hybridized carbons (Fsp3) is 0.882. The first kappa shape index (κ1) is 20.5. The molecule has 1 amide bonds. The molecule has 2 unspecified atom stereocenters. The van der Waals surface area contributed by atoms with Crippen LogP contribution in [0.4, 0.5) is 0 Å². The number of carbonyl (C=O) groups is 1. The Kier molecular flexibility index (Phi) is 8.10. The summed E-state index contributed by atoms with van der Waals surface area (Å²) in [6.45, 7) is 2.92. The lowest BCUT2D eigenvalue weighted by Crippen LogP contribution is -2.49. The molecule has 0 heterocycles. The summed E-state index contributed by atoms with van der Waals surface area (Å²) in [4.78, 5) is 18.6. The molecule has 2 saturated carbocycles. The fourth-order valence-electron chi connectivity index (χ4n) is 3.73. The third-order valence-corrected chi connectivity index (χ3v) is 5.14. The zero-order chi connectivity index (χ0) is 16.2. The van der Waals surface area contributed by atoms with Crippen molar-refractivity contribution in [2.45, 2.75) is 57.9 Å². The molecule has 2 atom stereocenters. The standard InChI is InChI=1S/C17H32N4O.HI/c1-5-8-13-11-14(13)20-16(18-2)19-12-17(9-6-7-10-17)15(22)21(3)4;/h13-14H,5-12H2,1-4H3,(H2,18,19,20);1H. The van der Waals surface area contributed by atoms with Gasteiger partial charge in [0.15, 0.2) is 5.96 Å². The van der Waals surface area contributed by atoms with E-state index in [1.54, 1.807) is 4.90 Å². The van der Waals surface area contributed by atoms with E-state index in [9.17, 15) is 4.79 Å². The van der Waals surface area contributed by atoms with Gasteiger partial charge in [0.25, 0.3) is 0 Å². The SMILES string of the molecule is CCCC1CC1NC(=NC)NCC1(C(=O)N(C)C)CCCC1.I. The molecule has 2 aliphatic carbocycles. The molecular weight excluding hydrogens is 403 g/mol. The van der Waals surface area contributed by atoms with Gasteiger partial charge in [0, 0.05) is 33.7 Å². The first-order chi connectivity index (χ1) is 10.5. The van der Waals surface area contributed by atoms with Crippen molar-refractivity contribution < 1.29 is 4.79 Å². The summed E-state index contributed by atoms with van der Waals surface area (Å²) >= 11 is 0. The minimum atomic E-state index is -0.243. The topological polar surface area (TPSA) is 56.7 Å². The van der Waals surface area contributed by atoms with Crippen LogP contribution in [0.15, 0.2) is 4.99 Å². The maximum absolute atomic E-state index is 12.6. The maximum atomic E-state index is 12.6. The van der Waals surface area contributed by atoms with Crippen LogP contribution in [-0.4, -0.2) is 50.5 Å². The molecule has 0 radical (unpaired) electrons. The first-order valence-electron chi connectivity index (χ1n) is 8.71. The normalized spacial score (nSPS) is 25.5. The predicted octanol–water partition coefficient (Wildman–Crippen LogP) is 2.61. The Morgan fingerprint density at radius 3 is 2.48 bits per heavy atom. The molecule has 0 aromatic rings. The molecule has 0 aliphatic heterocycles. The highest BCUT2D eigenvalue weighted by atomic mass is 127. The second-order valence-electron chi connectivity index (χ2n) is 7.15. The Morgan fingerprint density at radius 2 is 1.96 bits per heavy atom. The van der Waals surface area contributed by atoms with Crippen molar-refractivity contribution in [2.75, 3.05) is 27.7 Å². The van der Waals surface area contributed by atoms with Crippen molar-refractivity contribution in [1.29, 1.82) is 0 Å². The summed E-state index contributed by atoms with van der Waals surface area (Å²) < 4.78 is 0. The number of rotatable bonds is 6. The minimum Gasteiger partial charge on any atom is -0.355 e. The van der Waals surface area contributed by atoms with E-state index in [-0.39, 0.29) is 35.3 Å². The Hall–Kier alpha value is -0.530. The number of hydrogen-bond acceptors (Lipinski definition) is 2. The quantitative estimate of drug-likeness (QED) is 0.383. The van der Waals surface area contributed by atoms with Crippen LogP contribution in [0.1, 0.15) is 51.9 Å². The Morgan fingerprint density at radius 1 is 1.30 bits per heavy atom. The number of guanidine groups is 1. The van der Waals surface area contributed by atoms with Gasteiger partial charge in [-0.3, -0.25) is 9.79 Å². The van der Waals surface area contributed by atoms with Crippen molar-refractivity contribution in [3.63, 3.8) is 0 Å². The molecule has 0 bridgehead atoms. The molecule has 2 rings (SSSR count). The van der Waals surface area contributed by atoms with E-state index in [1.165, 1.54) is 19.3 Å². The molecule has 2 N–H and O–H groups in total. The molecule has 2 fully saturated rings. The van der Waals surface area contributed by atoms with Crippen molar-refractivity contribution in [3.8, 4) is 0 Å². The van der Waals surface area contributed by atoms with Crippen LogP contribution in [-0.2, 0) is 4.79 Å². The number of halogens is 1. The Labute approximate surface area is 158 Å². The highest BCUT2D eigenvalue weighted by molar-refractivity contribution is 14.0. The monoisotopic (exact) mass is 436 g/mol. The third kappa shape index (κ3) is 5.22. The zero-order valence-corrected chi connectivity index (χ0v) is 17.4. The predicted molar refractivity (Wildman–Crippen MR) is 106 cm³/mol. The number of nitrogens with zero attached hydrogens (tertiary/aromatic N) is 2. The fourth-order valence-corrected chi connectivity index (χ4v) is 3.73. The lowest BCUT2D eigenvalue weighted by atomic mass is 9.84. The lowest BCUT2D eigenvalue weighted by molar-refractivity contribution is -0.138. The summed E-state index contributed by atoms with van der Waals surface area (Å²) in [5, 5.41) is 6.91. The number of hydrogen-bond donors (Lipinski definition) is 2. The molecule has 5 nitrogen and oxygen atoms in total. The molecule has 0 spiro atoms. The van der Waals surface area contributed by atoms with E-state index in [1.807, 2.05) is 21.1 Å². The van der Waals surface area contributed by atoms with Crippen LogP contribution in [0, 0.1) is 11.3 Å². The molecule has 0 saturated heterocycles. The van der Waals surface area contributed by atoms with E-state index >= 15 is 0 Å². The van der Waals surface area contributed by atoms with Gasteiger partial charge in [0.2, 0.25) is 5.91 Å². The third-order valence-electron chi connectivity index (χ3n) is 5.14. The largest absolute Gasteiger partial charge is 0.355 e. The van der Waals surface area contributed by atoms with Crippen molar-refractivity contribution in [3.05, 3.63) is 0 Å². The molecule has 134 valence electrons. The van der Waals surface area contributed by atoms with E-state index in [4.69, 9.17) is 0 Å².